The lowest BCUT2D eigenvalue weighted by Crippen LogP contribution is -2.46. The Morgan fingerprint density at radius 3 is 2.48 bits per heavy atom. The van der Waals surface area contributed by atoms with Crippen molar-refractivity contribution in [3.8, 4) is 0 Å². The van der Waals surface area contributed by atoms with E-state index in [-0.39, 0.29) is 18.1 Å². The molecule has 2 amide bonds. The number of benzene rings is 1. The lowest BCUT2D eigenvalue weighted by molar-refractivity contribution is 0.0570. The lowest BCUT2D eigenvalue weighted by atomic mass is 9.93. The first kappa shape index (κ1) is 17.4. The van der Waals surface area contributed by atoms with E-state index in [0.717, 1.165) is 37.2 Å². The summed E-state index contributed by atoms with van der Waals surface area (Å²) in [5.74, 6) is 0.466. The number of rotatable bonds is 5. The maximum Gasteiger partial charge on any atom is 0.315 e. The van der Waals surface area contributed by atoms with Crippen LogP contribution in [0, 0.1) is 5.92 Å². The van der Waals surface area contributed by atoms with Crippen LogP contribution in [0.2, 0.25) is 0 Å². The zero-order valence-electron chi connectivity index (χ0n) is 14.5. The molecular formula is C20H25N3O2. The fraction of sp³-hybridized carbons (Fsp3) is 0.400. The van der Waals surface area contributed by atoms with Crippen LogP contribution in [0.15, 0.2) is 54.9 Å². The van der Waals surface area contributed by atoms with Gasteiger partial charge in [-0.1, -0.05) is 36.4 Å². The monoisotopic (exact) mass is 339 g/mol. The molecule has 0 bridgehead atoms. The molecule has 5 nitrogen and oxygen atoms in total. The van der Waals surface area contributed by atoms with Crippen molar-refractivity contribution in [2.45, 2.75) is 31.8 Å². The molecule has 1 aromatic heterocycles. The van der Waals surface area contributed by atoms with Crippen molar-refractivity contribution in [1.29, 1.82) is 0 Å². The van der Waals surface area contributed by atoms with Crippen molar-refractivity contribution < 1.29 is 9.53 Å². The number of nitrogens with one attached hydrogen (secondary N) is 2. The van der Waals surface area contributed by atoms with Gasteiger partial charge in [-0.2, -0.15) is 0 Å². The number of nitrogens with zero attached hydrogens (tertiary/aromatic N) is 1. The number of aromatic nitrogens is 1. The van der Waals surface area contributed by atoms with Gasteiger partial charge >= 0.3 is 6.03 Å². The molecule has 25 heavy (non-hydrogen) atoms. The number of ether oxygens (including phenoxy) is 1. The fourth-order valence-corrected chi connectivity index (χ4v) is 3.26. The van der Waals surface area contributed by atoms with E-state index in [9.17, 15) is 4.79 Å². The van der Waals surface area contributed by atoms with Crippen molar-refractivity contribution in [3.63, 3.8) is 0 Å². The molecule has 3 rings (SSSR count). The summed E-state index contributed by atoms with van der Waals surface area (Å²) in [6.07, 6.45) is 5.51. The first-order chi connectivity index (χ1) is 12.2. The van der Waals surface area contributed by atoms with Crippen LogP contribution in [0.3, 0.4) is 0 Å². The van der Waals surface area contributed by atoms with Crippen LogP contribution >= 0.6 is 0 Å². The fourth-order valence-electron chi connectivity index (χ4n) is 3.26. The van der Waals surface area contributed by atoms with Crippen LogP contribution in [-0.4, -0.2) is 30.3 Å². The summed E-state index contributed by atoms with van der Waals surface area (Å²) in [7, 11) is 0. The number of amides is 2. The van der Waals surface area contributed by atoms with E-state index in [4.69, 9.17) is 4.74 Å². The van der Waals surface area contributed by atoms with E-state index in [2.05, 4.69) is 22.5 Å². The smallest absolute Gasteiger partial charge is 0.315 e. The molecule has 0 saturated carbocycles. The summed E-state index contributed by atoms with van der Waals surface area (Å²) in [5.41, 5.74) is 1.99. The normalized spacial score (nSPS) is 17.5. The zero-order chi connectivity index (χ0) is 17.5. The molecule has 2 aromatic rings. The maximum atomic E-state index is 12.6. The Kier molecular flexibility index (Phi) is 6.01. The molecule has 2 atom stereocenters. The summed E-state index contributed by atoms with van der Waals surface area (Å²) < 4.78 is 5.40. The lowest BCUT2D eigenvalue weighted by Gasteiger charge is -2.29. The molecule has 0 radical (unpaired) electrons. The highest BCUT2D eigenvalue weighted by Crippen LogP contribution is 2.22. The highest BCUT2D eigenvalue weighted by atomic mass is 16.5. The minimum atomic E-state index is -0.225. The Morgan fingerprint density at radius 1 is 1.08 bits per heavy atom. The summed E-state index contributed by atoms with van der Waals surface area (Å²) in [6, 6.07) is 13.5. The molecule has 1 aromatic carbocycles. The van der Waals surface area contributed by atoms with Gasteiger partial charge in [0, 0.05) is 31.6 Å². The molecule has 2 N–H and O–H groups in total. The van der Waals surface area contributed by atoms with Gasteiger partial charge in [-0.15, -0.1) is 0 Å². The van der Waals surface area contributed by atoms with Gasteiger partial charge in [0.1, 0.15) is 0 Å². The van der Waals surface area contributed by atoms with E-state index in [1.165, 1.54) is 0 Å². The number of urea groups is 1. The summed E-state index contributed by atoms with van der Waals surface area (Å²) in [4.78, 5) is 16.8. The van der Waals surface area contributed by atoms with Crippen LogP contribution in [0.5, 0.6) is 0 Å². The predicted molar refractivity (Wildman–Crippen MR) is 97.2 cm³/mol. The van der Waals surface area contributed by atoms with Gasteiger partial charge in [0.05, 0.1) is 6.04 Å². The number of carbonyl (C=O) groups is 1. The van der Waals surface area contributed by atoms with E-state index in [1.807, 2.05) is 42.5 Å². The van der Waals surface area contributed by atoms with Crippen molar-refractivity contribution in [3.05, 3.63) is 66.0 Å². The number of pyridine rings is 1. The first-order valence-corrected chi connectivity index (χ1v) is 8.83. The van der Waals surface area contributed by atoms with Crippen LogP contribution in [-0.2, 0) is 4.74 Å². The number of hydrogen-bond acceptors (Lipinski definition) is 3. The van der Waals surface area contributed by atoms with Gasteiger partial charge in [-0.25, -0.2) is 4.79 Å². The largest absolute Gasteiger partial charge is 0.381 e. The molecule has 1 aliphatic rings. The minimum absolute atomic E-state index is 0.120. The molecular weight excluding hydrogens is 314 g/mol. The van der Waals surface area contributed by atoms with Crippen molar-refractivity contribution in [2.24, 2.45) is 5.92 Å². The molecule has 0 spiro atoms. The van der Waals surface area contributed by atoms with Crippen LogP contribution in [0.4, 0.5) is 4.79 Å². The second kappa shape index (κ2) is 8.62. The molecule has 5 heteroatoms. The van der Waals surface area contributed by atoms with Crippen LogP contribution < -0.4 is 10.6 Å². The third kappa shape index (κ3) is 4.79. The molecule has 1 fully saturated rings. The highest BCUT2D eigenvalue weighted by molar-refractivity contribution is 5.75. The molecule has 1 aliphatic heterocycles. The summed E-state index contributed by atoms with van der Waals surface area (Å²) >= 11 is 0. The SMILES string of the molecule is CC(NC(=O)NC(c1ccccc1)c1cccnc1)C1CCOCC1. The topological polar surface area (TPSA) is 63.2 Å². The van der Waals surface area contributed by atoms with E-state index in [0.29, 0.717) is 5.92 Å². The number of hydrogen-bond donors (Lipinski definition) is 2. The maximum absolute atomic E-state index is 12.6. The highest BCUT2D eigenvalue weighted by Gasteiger charge is 2.23. The van der Waals surface area contributed by atoms with Gasteiger partial charge in [0.15, 0.2) is 0 Å². The third-order valence-electron chi connectivity index (χ3n) is 4.76. The summed E-state index contributed by atoms with van der Waals surface area (Å²) in [6.45, 7) is 3.62. The van der Waals surface area contributed by atoms with E-state index < -0.39 is 0 Å². The molecule has 0 aliphatic carbocycles. The van der Waals surface area contributed by atoms with Crippen molar-refractivity contribution >= 4 is 6.03 Å². The van der Waals surface area contributed by atoms with Gasteiger partial charge in [-0.3, -0.25) is 4.98 Å². The Morgan fingerprint density at radius 2 is 1.80 bits per heavy atom. The van der Waals surface area contributed by atoms with E-state index >= 15 is 0 Å². The number of carbonyl (C=O) groups excluding carboxylic acids is 1. The molecule has 2 heterocycles. The van der Waals surface area contributed by atoms with Gasteiger partial charge < -0.3 is 15.4 Å². The van der Waals surface area contributed by atoms with Gasteiger partial charge in [0.2, 0.25) is 0 Å². The quantitative estimate of drug-likeness (QED) is 0.879. The van der Waals surface area contributed by atoms with E-state index in [1.54, 1.807) is 12.4 Å². The average molecular weight is 339 g/mol. The Bertz CT molecular complexity index is 618. The van der Waals surface area contributed by atoms with Crippen LogP contribution in [0.1, 0.15) is 36.9 Å². The van der Waals surface area contributed by atoms with Gasteiger partial charge in [-0.05, 0) is 42.9 Å². The second-order valence-corrected chi connectivity index (χ2v) is 6.49. The molecule has 1 saturated heterocycles. The molecule has 2 unspecified atom stereocenters. The zero-order valence-corrected chi connectivity index (χ0v) is 14.5. The van der Waals surface area contributed by atoms with Crippen molar-refractivity contribution in [2.75, 3.05) is 13.2 Å². The minimum Gasteiger partial charge on any atom is -0.381 e. The Labute approximate surface area is 148 Å². The summed E-state index contributed by atoms with van der Waals surface area (Å²) in [5, 5.41) is 6.19. The third-order valence-corrected chi connectivity index (χ3v) is 4.76. The Hall–Kier alpha value is -2.40. The Balaban J connectivity index is 1.68. The molecule has 132 valence electrons. The van der Waals surface area contributed by atoms with Crippen molar-refractivity contribution in [1.82, 2.24) is 15.6 Å². The predicted octanol–water partition coefficient (Wildman–Crippen LogP) is 3.29. The average Bonchev–Trinajstić information content (AvgIpc) is 2.68. The second-order valence-electron chi connectivity index (χ2n) is 6.49. The van der Waals surface area contributed by atoms with Crippen LogP contribution in [0.25, 0.3) is 0 Å². The first-order valence-electron chi connectivity index (χ1n) is 8.83. The van der Waals surface area contributed by atoms with Gasteiger partial charge in [0.25, 0.3) is 0 Å². The standard InChI is InChI=1S/C20H25N3O2/c1-15(16-9-12-25-13-10-16)22-20(24)23-19(17-6-3-2-4-7-17)18-8-5-11-21-14-18/h2-8,11,14-16,19H,9-10,12-13H2,1H3,(H2,22,23,24).